The highest BCUT2D eigenvalue weighted by molar-refractivity contribution is 7.11. The van der Waals surface area contributed by atoms with Gasteiger partial charge in [0.15, 0.2) is 0 Å². The lowest BCUT2D eigenvalue weighted by Gasteiger charge is -2.12. The number of aromatic nitrogens is 1. The summed E-state index contributed by atoms with van der Waals surface area (Å²) in [4.78, 5) is 41.0. The number of nitrogens with zero attached hydrogens (tertiary/aromatic N) is 4. The zero-order chi connectivity index (χ0) is 22.8. The number of carbonyl (C=O) groups excluding carboxylic acids is 2. The van der Waals surface area contributed by atoms with Gasteiger partial charge in [0.05, 0.1) is 27.3 Å². The fourth-order valence-electron chi connectivity index (χ4n) is 3.27. The Bertz CT molecular complexity index is 1310. The number of hydrogen-bond donors (Lipinski definition) is 0. The zero-order valence-corrected chi connectivity index (χ0v) is 17.9. The molecule has 0 saturated carbocycles. The molecule has 158 valence electrons. The first kappa shape index (κ1) is 21.4. The lowest BCUT2D eigenvalue weighted by molar-refractivity contribution is -0.384. The molecular formula is C22H13ClN4O4S. The van der Waals surface area contributed by atoms with Gasteiger partial charge in [-0.2, -0.15) is 5.26 Å². The molecule has 8 nitrogen and oxygen atoms in total. The summed E-state index contributed by atoms with van der Waals surface area (Å²) in [7, 11) is 0. The van der Waals surface area contributed by atoms with Gasteiger partial charge in [0, 0.05) is 41.1 Å². The minimum Gasteiger partial charge on any atom is -0.274 e. The average molecular weight is 465 g/mol. The molecule has 0 aliphatic carbocycles. The van der Waals surface area contributed by atoms with Crippen molar-refractivity contribution < 1.29 is 14.5 Å². The molecule has 2 amide bonds. The first-order chi connectivity index (χ1) is 15.4. The van der Waals surface area contributed by atoms with Crippen molar-refractivity contribution in [2.45, 2.75) is 6.42 Å². The van der Waals surface area contributed by atoms with Crippen molar-refractivity contribution in [3.05, 3.63) is 90.4 Å². The Morgan fingerprint density at radius 3 is 2.53 bits per heavy atom. The maximum absolute atomic E-state index is 12.5. The van der Waals surface area contributed by atoms with Crippen molar-refractivity contribution in [2.24, 2.45) is 0 Å². The number of halogens is 1. The van der Waals surface area contributed by atoms with Crippen molar-refractivity contribution in [1.82, 2.24) is 9.88 Å². The maximum Gasteiger partial charge on any atom is 0.270 e. The average Bonchev–Trinajstić information content (AvgIpc) is 3.35. The lowest BCUT2D eigenvalue weighted by atomic mass is 10.1. The number of benzene rings is 2. The molecule has 2 aromatic carbocycles. The van der Waals surface area contributed by atoms with E-state index < -0.39 is 4.92 Å². The van der Waals surface area contributed by atoms with Crippen LogP contribution in [0.1, 0.15) is 37.0 Å². The standard InChI is InChI=1S/C22H13ClN4O4S/c23-19-6-5-16(27(30)31)10-13(19)9-14(11-24)20-25-15(12-32-20)7-8-26-21(28)17-3-1-2-4-18(17)22(26)29/h1-6,9-10,12H,7-8H2. The third-order valence-corrected chi connectivity index (χ3v) is 6.13. The third kappa shape index (κ3) is 4.01. The molecule has 0 N–H and O–H groups in total. The zero-order valence-electron chi connectivity index (χ0n) is 16.3. The van der Waals surface area contributed by atoms with E-state index in [1.807, 2.05) is 6.07 Å². The smallest absolute Gasteiger partial charge is 0.270 e. The summed E-state index contributed by atoms with van der Waals surface area (Å²) in [5.41, 5.74) is 1.79. The summed E-state index contributed by atoms with van der Waals surface area (Å²) in [5, 5.41) is 23.0. The first-order valence-corrected chi connectivity index (χ1v) is 10.6. The number of rotatable bonds is 6. The van der Waals surface area contributed by atoms with Crippen LogP contribution in [-0.4, -0.2) is 33.2 Å². The quantitative estimate of drug-likeness (QED) is 0.227. The SMILES string of the molecule is N#CC(=Cc1cc([N+](=O)[O-])ccc1Cl)c1nc(CCN2C(=O)c3ccccc3C2=O)cs1. The number of nitriles is 1. The second-order valence-corrected chi connectivity index (χ2v) is 8.10. The van der Waals surface area contributed by atoms with E-state index in [1.165, 1.54) is 40.5 Å². The molecular weight excluding hydrogens is 452 g/mol. The van der Waals surface area contributed by atoms with Crippen LogP contribution >= 0.6 is 22.9 Å². The fraction of sp³-hybridized carbons (Fsp3) is 0.0909. The minimum absolute atomic E-state index is 0.140. The van der Waals surface area contributed by atoms with E-state index in [2.05, 4.69) is 4.98 Å². The first-order valence-electron chi connectivity index (χ1n) is 9.35. The molecule has 0 saturated heterocycles. The van der Waals surface area contributed by atoms with E-state index in [4.69, 9.17) is 11.6 Å². The Balaban J connectivity index is 1.51. The molecule has 1 aromatic heterocycles. The highest BCUT2D eigenvalue weighted by Gasteiger charge is 2.34. The van der Waals surface area contributed by atoms with Gasteiger partial charge in [-0.15, -0.1) is 11.3 Å². The molecule has 2 heterocycles. The van der Waals surface area contributed by atoms with Crippen LogP contribution in [0.4, 0.5) is 5.69 Å². The third-order valence-electron chi connectivity index (χ3n) is 4.86. The van der Waals surface area contributed by atoms with Gasteiger partial charge in [0.2, 0.25) is 0 Å². The Morgan fingerprint density at radius 2 is 1.91 bits per heavy atom. The van der Waals surface area contributed by atoms with E-state index >= 15 is 0 Å². The number of imide groups is 1. The number of non-ortho nitro benzene ring substituents is 1. The Kier molecular flexibility index (Phi) is 5.81. The molecule has 0 unspecified atom stereocenters. The van der Waals surface area contributed by atoms with E-state index in [0.29, 0.717) is 33.8 Å². The van der Waals surface area contributed by atoms with E-state index in [9.17, 15) is 25.0 Å². The number of thiazole rings is 1. The van der Waals surface area contributed by atoms with Gasteiger partial charge in [-0.05, 0) is 24.3 Å². The van der Waals surface area contributed by atoms with Gasteiger partial charge in [-0.25, -0.2) is 4.98 Å². The molecule has 3 aromatic rings. The van der Waals surface area contributed by atoms with Crippen molar-refractivity contribution in [3.63, 3.8) is 0 Å². The predicted octanol–water partition coefficient (Wildman–Crippen LogP) is 4.61. The van der Waals surface area contributed by atoms with E-state index in [0.717, 1.165) is 0 Å². The van der Waals surface area contributed by atoms with Gasteiger partial charge >= 0.3 is 0 Å². The molecule has 10 heteroatoms. The van der Waals surface area contributed by atoms with Crippen LogP contribution in [0.15, 0.2) is 47.8 Å². The molecule has 4 rings (SSSR count). The van der Waals surface area contributed by atoms with Crippen LogP contribution in [0.3, 0.4) is 0 Å². The summed E-state index contributed by atoms with van der Waals surface area (Å²) >= 11 is 7.34. The van der Waals surface area contributed by atoms with Crippen molar-refractivity contribution >= 4 is 52.1 Å². The molecule has 0 bridgehead atoms. The maximum atomic E-state index is 12.5. The molecule has 0 radical (unpaired) electrons. The van der Waals surface area contributed by atoms with Crippen molar-refractivity contribution in [3.8, 4) is 6.07 Å². The molecule has 32 heavy (non-hydrogen) atoms. The summed E-state index contributed by atoms with van der Waals surface area (Å²) in [6, 6.07) is 12.7. The molecule has 1 aliphatic heterocycles. The summed E-state index contributed by atoms with van der Waals surface area (Å²) in [6.45, 7) is 0.165. The fourth-order valence-corrected chi connectivity index (χ4v) is 4.26. The Hall–Kier alpha value is -3.87. The van der Waals surface area contributed by atoms with Crippen molar-refractivity contribution in [1.29, 1.82) is 5.26 Å². The van der Waals surface area contributed by atoms with Gasteiger partial charge in [-0.3, -0.25) is 24.6 Å². The van der Waals surface area contributed by atoms with Gasteiger partial charge in [0.1, 0.15) is 11.1 Å². The van der Waals surface area contributed by atoms with Crippen LogP contribution in [0.5, 0.6) is 0 Å². The number of hydrogen-bond acceptors (Lipinski definition) is 7. The van der Waals surface area contributed by atoms with E-state index in [-0.39, 0.29) is 34.6 Å². The monoisotopic (exact) mass is 464 g/mol. The second kappa shape index (κ2) is 8.70. The van der Waals surface area contributed by atoms with Crippen LogP contribution in [0.2, 0.25) is 5.02 Å². The molecule has 0 spiro atoms. The van der Waals surface area contributed by atoms with E-state index in [1.54, 1.807) is 29.6 Å². The van der Waals surface area contributed by atoms with Crippen molar-refractivity contribution in [2.75, 3.05) is 6.54 Å². The number of fused-ring (bicyclic) bond motifs is 1. The lowest BCUT2D eigenvalue weighted by Crippen LogP contribution is -2.31. The summed E-state index contributed by atoms with van der Waals surface area (Å²) < 4.78 is 0. The molecule has 0 atom stereocenters. The normalized spacial score (nSPS) is 13.2. The number of amides is 2. The molecule has 0 fully saturated rings. The van der Waals surface area contributed by atoms with Crippen LogP contribution in [0.25, 0.3) is 11.6 Å². The number of allylic oxidation sites excluding steroid dienone is 1. The van der Waals surface area contributed by atoms with Crippen LogP contribution in [-0.2, 0) is 6.42 Å². The largest absolute Gasteiger partial charge is 0.274 e. The Morgan fingerprint density at radius 1 is 1.22 bits per heavy atom. The molecule has 1 aliphatic rings. The van der Waals surface area contributed by atoms with Gasteiger partial charge in [0.25, 0.3) is 17.5 Å². The van der Waals surface area contributed by atoms with Gasteiger partial charge in [-0.1, -0.05) is 23.7 Å². The number of nitro groups is 1. The summed E-state index contributed by atoms with van der Waals surface area (Å²) in [5.74, 6) is -0.669. The highest BCUT2D eigenvalue weighted by atomic mass is 35.5. The minimum atomic E-state index is -0.541. The van der Waals surface area contributed by atoms with Gasteiger partial charge < -0.3 is 0 Å². The topological polar surface area (TPSA) is 117 Å². The summed E-state index contributed by atoms with van der Waals surface area (Å²) in [6.07, 6.45) is 1.78. The second-order valence-electron chi connectivity index (χ2n) is 6.83. The highest BCUT2D eigenvalue weighted by Crippen LogP contribution is 2.28. The number of carbonyl (C=O) groups is 2. The van der Waals surface area contributed by atoms with Crippen LogP contribution < -0.4 is 0 Å². The number of nitro benzene ring substituents is 1. The van der Waals surface area contributed by atoms with Crippen LogP contribution in [0, 0.1) is 21.4 Å². The predicted molar refractivity (Wildman–Crippen MR) is 119 cm³/mol. The Labute approximate surface area is 191 Å².